The summed E-state index contributed by atoms with van der Waals surface area (Å²) in [4.78, 5) is 36.7. The second-order valence-corrected chi connectivity index (χ2v) is 5.31. The molecule has 0 saturated heterocycles. The van der Waals surface area contributed by atoms with Crippen molar-refractivity contribution in [3.8, 4) is 0 Å². The summed E-state index contributed by atoms with van der Waals surface area (Å²) in [6, 6.07) is 1.46. The van der Waals surface area contributed by atoms with Gasteiger partial charge in [-0.15, -0.1) is 11.3 Å². The SMILES string of the molecule is CC1=C(C)C(=O)N(c2sc(C)cc2C(=O)O)C1=O. The standard InChI is InChI=1S/C12H11NO4S/c1-5-4-8(12(16)17)11(18-5)13-9(14)6(2)7(3)10(13)15/h4H,1-3H3,(H,16,17). The van der Waals surface area contributed by atoms with E-state index in [1.54, 1.807) is 20.8 Å². The number of thiophene rings is 1. The highest BCUT2D eigenvalue weighted by Crippen LogP contribution is 2.36. The van der Waals surface area contributed by atoms with Crippen molar-refractivity contribution in [3.05, 3.63) is 27.7 Å². The van der Waals surface area contributed by atoms with Crippen LogP contribution in [0.4, 0.5) is 5.00 Å². The lowest BCUT2D eigenvalue weighted by Gasteiger charge is -2.13. The molecule has 0 atom stereocenters. The van der Waals surface area contributed by atoms with Gasteiger partial charge in [0.1, 0.15) is 5.00 Å². The predicted molar refractivity (Wildman–Crippen MR) is 66.9 cm³/mol. The van der Waals surface area contributed by atoms with E-state index in [0.29, 0.717) is 11.1 Å². The maximum atomic E-state index is 12.0. The van der Waals surface area contributed by atoms with E-state index in [1.807, 2.05) is 0 Å². The first-order chi connectivity index (χ1) is 8.34. The first kappa shape index (κ1) is 12.5. The molecule has 2 rings (SSSR count). The van der Waals surface area contributed by atoms with Crippen LogP contribution < -0.4 is 4.90 Å². The Balaban J connectivity index is 2.56. The molecule has 0 spiro atoms. The van der Waals surface area contributed by atoms with Gasteiger partial charge in [0.15, 0.2) is 0 Å². The smallest absolute Gasteiger partial charge is 0.338 e. The van der Waals surface area contributed by atoms with Crippen molar-refractivity contribution in [2.45, 2.75) is 20.8 Å². The van der Waals surface area contributed by atoms with E-state index >= 15 is 0 Å². The molecule has 0 aliphatic carbocycles. The minimum absolute atomic E-state index is 0.0123. The Kier molecular flexibility index (Phi) is 2.82. The average Bonchev–Trinajstić information content (AvgIpc) is 2.76. The van der Waals surface area contributed by atoms with Gasteiger partial charge in [0.2, 0.25) is 0 Å². The van der Waals surface area contributed by atoms with Gasteiger partial charge in [0.25, 0.3) is 11.8 Å². The molecule has 0 unspecified atom stereocenters. The Morgan fingerprint density at radius 3 is 2.11 bits per heavy atom. The number of carboxylic acid groups (broad SMARTS) is 1. The predicted octanol–water partition coefficient (Wildman–Crippen LogP) is 1.96. The monoisotopic (exact) mass is 265 g/mol. The average molecular weight is 265 g/mol. The van der Waals surface area contributed by atoms with Crippen LogP contribution >= 0.6 is 11.3 Å². The number of anilines is 1. The molecule has 2 heterocycles. The first-order valence-corrected chi connectivity index (χ1v) is 6.06. The Labute approximate surface area is 107 Å². The van der Waals surface area contributed by atoms with Gasteiger partial charge in [0.05, 0.1) is 5.56 Å². The molecule has 0 aromatic carbocycles. The molecule has 1 aliphatic heterocycles. The summed E-state index contributed by atoms with van der Waals surface area (Å²) in [6.45, 7) is 4.87. The van der Waals surface area contributed by atoms with Gasteiger partial charge in [0, 0.05) is 16.0 Å². The first-order valence-electron chi connectivity index (χ1n) is 5.24. The summed E-state index contributed by atoms with van der Waals surface area (Å²) in [5.41, 5.74) is 0.714. The largest absolute Gasteiger partial charge is 0.478 e. The summed E-state index contributed by atoms with van der Waals surface area (Å²) in [5.74, 6) is -2.03. The molecule has 1 aliphatic rings. The molecule has 18 heavy (non-hydrogen) atoms. The molecule has 0 saturated carbocycles. The highest BCUT2D eigenvalue weighted by molar-refractivity contribution is 7.17. The van der Waals surface area contributed by atoms with E-state index in [0.717, 1.165) is 21.1 Å². The Morgan fingerprint density at radius 2 is 1.67 bits per heavy atom. The normalized spacial score (nSPS) is 15.8. The van der Waals surface area contributed by atoms with E-state index in [1.165, 1.54) is 6.07 Å². The van der Waals surface area contributed by atoms with Crippen LogP contribution in [0.25, 0.3) is 0 Å². The third kappa shape index (κ3) is 1.65. The fourth-order valence-electron chi connectivity index (χ4n) is 1.75. The molecule has 0 radical (unpaired) electrons. The molecule has 0 fully saturated rings. The Hall–Kier alpha value is -1.95. The lowest BCUT2D eigenvalue weighted by Crippen LogP contribution is -2.31. The van der Waals surface area contributed by atoms with Crippen LogP contribution in [-0.4, -0.2) is 22.9 Å². The molecule has 1 N–H and O–H groups in total. The van der Waals surface area contributed by atoms with Crippen LogP contribution in [0.3, 0.4) is 0 Å². The zero-order chi connectivity index (χ0) is 13.6. The number of aromatic carboxylic acids is 1. The van der Waals surface area contributed by atoms with E-state index in [4.69, 9.17) is 5.11 Å². The number of rotatable bonds is 2. The van der Waals surface area contributed by atoms with Gasteiger partial charge in [-0.2, -0.15) is 0 Å². The molecular formula is C12H11NO4S. The van der Waals surface area contributed by atoms with Crippen molar-refractivity contribution < 1.29 is 19.5 Å². The number of hydrogen-bond donors (Lipinski definition) is 1. The van der Waals surface area contributed by atoms with Gasteiger partial charge in [-0.25, -0.2) is 9.69 Å². The van der Waals surface area contributed by atoms with Gasteiger partial charge in [-0.1, -0.05) is 0 Å². The maximum Gasteiger partial charge on any atom is 0.338 e. The van der Waals surface area contributed by atoms with Gasteiger partial charge in [-0.05, 0) is 26.8 Å². The minimum atomic E-state index is -1.14. The summed E-state index contributed by atoms with van der Waals surface area (Å²) in [6.07, 6.45) is 0. The summed E-state index contributed by atoms with van der Waals surface area (Å²) in [7, 11) is 0. The molecule has 1 aromatic rings. The fraction of sp³-hybridized carbons (Fsp3) is 0.250. The molecule has 5 nitrogen and oxygen atoms in total. The van der Waals surface area contributed by atoms with Gasteiger partial charge in [-0.3, -0.25) is 9.59 Å². The van der Waals surface area contributed by atoms with Crippen molar-refractivity contribution in [1.29, 1.82) is 0 Å². The number of hydrogen-bond acceptors (Lipinski definition) is 4. The zero-order valence-corrected chi connectivity index (χ0v) is 10.9. The van der Waals surface area contributed by atoms with Gasteiger partial charge >= 0.3 is 5.97 Å². The van der Waals surface area contributed by atoms with E-state index in [-0.39, 0.29) is 10.6 Å². The maximum absolute atomic E-state index is 12.0. The fourth-order valence-corrected chi connectivity index (χ4v) is 2.75. The molecule has 6 heteroatoms. The van der Waals surface area contributed by atoms with Crippen molar-refractivity contribution in [2.24, 2.45) is 0 Å². The number of carboxylic acids is 1. The molecule has 0 bridgehead atoms. The Morgan fingerprint density at radius 1 is 1.17 bits per heavy atom. The zero-order valence-electron chi connectivity index (χ0n) is 10.1. The van der Waals surface area contributed by atoms with Gasteiger partial charge < -0.3 is 5.11 Å². The topological polar surface area (TPSA) is 74.7 Å². The third-order valence-electron chi connectivity index (χ3n) is 2.88. The van der Waals surface area contributed by atoms with Crippen LogP contribution in [0.15, 0.2) is 17.2 Å². The summed E-state index contributed by atoms with van der Waals surface area (Å²) >= 11 is 1.13. The number of imide groups is 1. The lowest BCUT2D eigenvalue weighted by molar-refractivity contribution is -0.120. The second kappa shape index (κ2) is 4.06. The molecule has 94 valence electrons. The number of nitrogens with zero attached hydrogens (tertiary/aromatic N) is 1. The molecule has 2 amide bonds. The summed E-state index contributed by atoms with van der Waals surface area (Å²) < 4.78 is 0. The van der Waals surface area contributed by atoms with E-state index in [9.17, 15) is 14.4 Å². The number of carbonyl (C=O) groups is 3. The van der Waals surface area contributed by atoms with Crippen LogP contribution in [0.1, 0.15) is 29.1 Å². The minimum Gasteiger partial charge on any atom is -0.478 e. The molecular weight excluding hydrogens is 254 g/mol. The summed E-state index contributed by atoms with van der Waals surface area (Å²) in [5, 5.41) is 9.27. The molecule has 1 aromatic heterocycles. The highest BCUT2D eigenvalue weighted by atomic mass is 32.1. The number of amides is 2. The van der Waals surface area contributed by atoms with Crippen molar-refractivity contribution in [3.63, 3.8) is 0 Å². The second-order valence-electron chi connectivity index (χ2n) is 4.08. The van der Waals surface area contributed by atoms with E-state index in [2.05, 4.69) is 0 Å². The van der Waals surface area contributed by atoms with Crippen molar-refractivity contribution in [1.82, 2.24) is 0 Å². The van der Waals surface area contributed by atoms with Crippen molar-refractivity contribution in [2.75, 3.05) is 4.90 Å². The third-order valence-corrected chi connectivity index (χ3v) is 3.92. The highest BCUT2D eigenvalue weighted by Gasteiger charge is 2.37. The Bertz CT molecular complexity index is 588. The van der Waals surface area contributed by atoms with Crippen LogP contribution in [0.5, 0.6) is 0 Å². The number of carbonyl (C=O) groups excluding carboxylic acids is 2. The number of aryl methyl sites for hydroxylation is 1. The van der Waals surface area contributed by atoms with Crippen LogP contribution in [0, 0.1) is 6.92 Å². The lowest BCUT2D eigenvalue weighted by atomic mass is 10.2. The van der Waals surface area contributed by atoms with Crippen LogP contribution in [-0.2, 0) is 9.59 Å². The van der Waals surface area contributed by atoms with Crippen molar-refractivity contribution >= 4 is 34.1 Å². The van der Waals surface area contributed by atoms with E-state index < -0.39 is 17.8 Å². The quantitative estimate of drug-likeness (QED) is 0.829. The van der Waals surface area contributed by atoms with Crippen LogP contribution in [0.2, 0.25) is 0 Å².